The van der Waals surface area contributed by atoms with Crippen LogP contribution in [0.2, 0.25) is 0 Å². The summed E-state index contributed by atoms with van der Waals surface area (Å²) in [6, 6.07) is 0. The van der Waals surface area contributed by atoms with Gasteiger partial charge in [0.25, 0.3) is 0 Å². The molecule has 0 aliphatic heterocycles. The number of carbonyl (C=O) groups excluding carboxylic acids is 2. The average molecular weight is 685 g/mol. The minimum absolute atomic E-state index is 0.0365. The number of quaternary nitrogens is 1. The molecule has 286 valence electrons. The Hall–Kier alpha value is -1.18. The quantitative estimate of drug-likeness (QED) is 0.0939. The van der Waals surface area contributed by atoms with Crippen LogP contribution in [-0.4, -0.2) is 79.2 Å². The second kappa shape index (κ2) is 16.9. The van der Waals surface area contributed by atoms with E-state index in [0.717, 1.165) is 43.3 Å². The Morgan fingerprint density at radius 2 is 0.958 bits per heavy atom. The van der Waals surface area contributed by atoms with E-state index in [9.17, 15) is 9.59 Å². The smallest absolute Gasteiger partial charge is 0.312 e. The fourth-order valence-corrected chi connectivity index (χ4v) is 5.84. The number of carbonyl (C=O) groups is 2. The van der Waals surface area contributed by atoms with Crippen LogP contribution in [0.5, 0.6) is 0 Å². The molecular weight excluding hydrogens is 602 g/mol. The zero-order valence-corrected chi connectivity index (χ0v) is 35.8. The van der Waals surface area contributed by atoms with Crippen LogP contribution in [0.15, 0.2) is 0 Å². The van der Waals surface area contributed by atoms with E-state index in [1.807, 2.05) is 48.5 Å². The molecule has 0 radical (unpaired) electrons. The van der Waals surface area contributed by atoms with Crippen molar-refractivity contribution in [1.29, 1.82) is 0 Å². The van der Waals surface area contributed by atoms with Crippen molar-refractivity contribution < 1.29 is 33.0 Å². The first kappa shape index (κ1) is 46.8. The van der Waals surface area contributed by atoms with Crippen molar-refractivity contribution in [3.8, 4) is 0 Å². The molecule has 0 fully saturated rings. The summed E-state index contributed by atoms with van der Waals surface area (Å²) in [5, 5.41) is 0. The van der Waals surface area contributed by atoms with Gasteiger partial charge in [-0.25, -0.2) is 0 Å². The number of nitrogens with zero attached hydrogens (tertiary/aromatic N) is 1. The number of rotatable bonds is 20. The fraction of sp³-hybridized carbons (Fsp3) is 0.951. The summed E-state index contributed by atoms with van der Waals surface area (Å²) in [4.78, 5) is 26.0. The van der Waals surface area contributed by atoms with E-state index in [1.54, 1.807) is 0 Å². The Morgan fingerprint density at radius 1 is 0.583 bits per heavy atom. The van der Waals surface area contributed by atoms with Crippen LogP contribution in [0, 0.1) is 34.0 Å². The second-order valence-corrected chi connectivity index (χ2v) is 21.1. The molecule has 3 atom stereocenters. The standard InChI is InChI=1S/C41H82NO6/c1-30(26-35(4,5)6)33(43)47-40(16,17)31(2)27-45-38(12,13)22-24-42(20,21)25-23-39(14,15)46-28-32(3)41(18,19)48-34(44)37(10,11)29-36(7,8)9/h30-32H,22-29H2,1-21H3/q+1. The number of hydrogen-bond donors (Lipinski definition) is 0. The van der Waals surface area contributed by atoms with Gasteiger partial charge in [0.05, 0.1) is 62.9 Å². The van der Waals surface area contributed by atoms with E-state index in [-0.39, 0.29) is 51.7 Å². The first-order valence-electron chi connectivity index (χ1n) is 18.6. The van der Waals surface area contributed by atoms with E-state index in [4.69, 9.17) is 18.9 Å². The van der Waals surface area contributed by atoms with E-state index in [2.05, 4.69) is 97.2 Å². The maximum atomic E-state index is 13.1. The fourth-order valence-electron chi connectivity index (χ4n) is 5.84. The predicted octanol–water partition coefficient (Wildman–Crippen LogP) is 9.88. The Kier molecular flexibility index (Phi) is 16.5. The van der Waals surface area contributed by atoms with E-state index >= 15 is 0 Å². The summed E-state index contributed by atoms with van der Waals surface area (Å²) in [6.07, 6.45) is 3.36. The van der Waals surface area contributed by atoms with Crippen LogP contribution in [0.4, 0.5) is 0 Å². The topological polar surface area (TPSA) is 71.1 Å². The molecule has 0 aliphatic carbocycles. The molecule has 0 bridgehead atoms. The van der Waals surface area contributed by atoms with Gasteiger partial charge in [-0.2, -0.15) is 0 Å². The summed E-state index contributed by atoms with van der Waals surface area (Å²) < 4.78 is 25.9. The van der Waals surface area contributed by atoms with Crippen molar-refractivity contribution >= 4 is 11.9 Å². The largest absolute Gasteiger partial charge is 0.459 e. The van der Waals surface area contributed by atoms with Crippen LogP contribution in [0.1, 0.15) is 157 Å². The molecule has 0 heterocycles. The molecule has 0 rings (SSSR count). The highest BCUT2D eigenvalue weighted by Crippen LogP contribution is 2.37. The lowest BCUT2D eigenvalue weighted by Gasteiger charge is -2.39. The lowest BCUT2D eigenvalue weighted by atomic mass is 9.76. The van der Waals surface area contributed by atoms with Gasteiger partial charge in [0.15, 0.2) is 0 Å². The SMILES string of the molecule is CC(CC(C)(C)C)C(=O)OC(C)(C)C(C)COC(C)(C)CC[N+](C)(C)CCC(C)(C)OCC(C)C(C)(C)OC(=O)C(C)(C)CC(C)(C)C. The average Bonchev–Trinajstić information content (AvgIpc) is 2.85. The van der Waals surface area contributed by atoms with Gasteiger partial charge in [-0.1, -0.05) is 62.3 Å². The van der Waals surface area contributed by atoms with E-state index in [0.29, 0.717) is 13.2 Å². The summed E-state index contributed by atoms with van der Waals surface area (Å²) in [6.45, 7) is 42.5. The monoisotopic (exact) mass is 685 g/mol. The molecule has 0 aromatic carbocycles. The van der Waals surface area contributed by atoms with Crippen LogP contribution in [0.3, 0.4) is 0 Å². The molecule has 0 aliphatic rings. The van der Waals surface area contributed by atoms with Crippen molar-refractivity contribution in [1.82, 2.24) is 0 Å². The minimum Gasteiger partial charge on any atom is -0.459 e. The lowest BCUT2D eigenvalue weighted by Crippen LogP contribution is -2.47. The molecule has 0 amide bonds. The summed E-state index contributed by atoms with van der Waals surface area (Å²) in [7, 11) is 4.53. The number of esters is 2. The van der Waals surface area contributed by atoms with Crippen LogP contribution >= 0.6 is 0 Å². The molecule has 0 saturated heterocycles. The van der Waals surface area contributed by atoms with Gasteiger partial charge in [0.2, 0.25) is 0 Å². The van der Waals surface area contributed by atoms with Crippen molar-refractivity contribution in [3.05, 3.63) is 0 Å². The lowest BCUT2D eigenvalue weighted by molar-refractivity contribution is -0.892. The van der Waals surface area contributed by atoms with Crippen molar-refractivity contribution in [2.45, 2.75) is 180 Å². The van der Waals surface area contributed by atoms with E-state index < -0.39 is 16.6 Å². The van der Waals surface area contributed by atoms with Gasteiger partial charge in [-0.05, 0) is 92.9 Å². The van der Waals surface area contributed by atoms with Crippen LogP contribution in [0.25, 0.3) is 0 Å². The molecular formula is C41H82NO6+. The van der Waals surface area contributed by atoms with Gasteiger partial charge in [-0.15, -0.1) is 0 Å². The second-order valence-electron chi connectivity index (χ2n) is 21.1. The van der Waals surface area contributed by atoms with Gasteiger partial charge in [-0.3, -0.25) is 9.59 Å². The molecule has 0 N–H and O–H groups in total. The highest BCUT2D eigenvalue weighted by atomic mass is 16.6. The molecule has 7 heteroatoms. The Bertz CT molecular complexity index is 1010. The zero-order chi connectivity index (χ0) is 38.4. The number of hydrogen-bond acceptors (Lipinski definition) is 6. The Morgan fingerprint density at radius 3 is 1.31 bits per heavy atom. The molecule has 0 aromatic heterocycles. The minimum atomic E-state index is -0.637. The van der Waals surface area contributed by atoms with Gasteiger partial charge in [0.1, 0.15) is 11.2 Å². The first-order chi connectivity index (χ1) is 21.0. The maximum Gasteiger partial charge on any atom is 0.312 e. The molecule has 0 aromatic rings. The van der Waals surface area contributed by atoms with Crippen molar-refractivity contribution in [2.24, 2.45) is 34.0 Å². The third kappa shape index (κ3) is 18.7. The van der Waals surface area contributed by atoms with Gasteiger partial charge in [0, 0.05) is 24.7 Å². The molecule has 48 heavy (non-hydrogen) atoms. The van der Waals surface area contributed by atoms with Crippen molar-refractivity contribution in [2.75, 3.05) is 40.4 Å². The van der Waals surface area contributed by atoms with Crippen LogP contribution in [-0.2, 0) is 28.5 Å². The zero-order valence-electron chi connectivity index (χ0n) is 35.8. The highest BCUT2D eigenvalue weighted by Gasteiger charge is 2.40. The molecule has 3 unspecified atom stereocenters. The first-order valence-corrected chi connectivity index (χ1v) is 18.6. The highest BCUT2D eigenvalue weighted by molar-refractivity contribution is 5.76. The predicted molar refractivity (Wildman–Crippen MR) is 201 cm³/mol. The van der Waals surface area contributed by atoms with E-state index in [1.165, 1.54) is 0 Å². The summed E-state index contributed by atoms with van der Waals surface area (Å²) >= 11 is 0. The summed E-state index contributed by atoms with van der Waals surface area (Å²) in [5.41, 5.74) is -2.31. The normalized spacial score (nSPS) is 16.4. The van der Waals surface area contributed by atoms with Crippen LogP contribution < -0.4 is 0 Å². The van der Waals surface area contributed by atoms with Gasteiger partial charge < -0.3 is 23.4 Å². The third-order valence-corrected chi connectivity index (χ3v) is 10.0. The molecule has 0 saturated carbocycles. The molecule has 0 spiro atoms. The van der Waals surface area contributed by atoms with Crippen molar-refractivity contribution in [3.63, 3.8) is 0 Å². The number of ether oxygens (including phenoxy) is 4. The maximum absolute atomic E-state index is 13.1. The Labute approximate surface area is 298 Å². The van der Waals surface area contributed by atoms with Gasteiger partial charge >= 0.3 is 11.9 Å². The third-order valence-electron chi connectivity index (χ3n) is 10.0. The summed E-state index contributed by atoms with van der Waals surface area (Å²) in [5.74, 6) is -0.338. The molecule has 7 nitrogen and oxygen atoms in total. The Balaban J connectivity index is 4.96.